The van der Waals surface area contributed by atoms with E-state index >= 15 is 0 Å². The Labute approximate surface area is 180 Å². The molecule has 0 amide bonds. The van der Waals surface area contributed by atoms with Crippen LogP contribution in [0.1, 0.15) is 22.6 Å². The third-order valence-corrected chi connectivity index (χ3v) is 6.95. The van der Waals surface area contributed by atoms with Crippen molar-refractivity contribution in [2.45, 2.75) is 25.4 Å². The second-order valence-corrected chi connectivity index (χ2v) is 9.25. The Morgan fingerprint density at radius 3 is 2.30 bits per heavy atom. The molecule has 2 aliphatic rings. The van der Waals surface area contributed by atoms with Crippen LogP contribution >= 0.6 is 0 Å². The first-order valence-corrected chi connectivity index (χ1v) is 11.1. The number of likely N-dealkylation sites (N-methyl/N-ethyl adjacent to an activating group) is 2. The number of aryl methyl sites for hydroxylation is 1. The van der Waals surface area contributed by atoms with Gasteiger partial charge in [-0.3, -0.25) is 4.90 Å². The SMILES string of the molecule is Cc1cccc(F)c1CN1CC(c2ccc(N3CCN(C)CC3)cc2)C(N(C)C)C1. The van der Waals surface area contributed by atoms with Gasteiger partial charge in [-0.05, 0) is 57.4 Å². The zero-order valence-electron chi connectivity index (χ0n) is 18.8. The number of anilines is 1. The minimum absolute atomic E-state index is 0.0867. The Hall–Kier alpha value is -1.95. The molecule has 2 heterocycles. The van der Waals surface area contributed by atoms with Crippen molar-refractivity contribution in [1.29, 1.82) is 0 Å². The summed E-state index contributed by atoms with van der Waals surface area (Å²) < 4.78 is 14.4. The van der Waals surface area contributed by atoms with Crippen molar-refractivity contribution in [3.63, 3.8) is 0 Å². The number of piperazine rings is 1. The van der Waals surface area contributed by atoms with Gasteiger partial charge < -0.3 is 14.7 Å². The summed E-state index contributed by atoms with van der Waals surface area (Å²) in [6.07, 6.45) is 0. The molecule has 0 N–H and O–H groups in total. The van der Waals surface area contributed by atoms with Crippen LogP contribution in [0.2, 0.25) is 0 Å². The van der Waals surface area contributed by atoms with Gasteiger partial charge in [0.05, 0.1) is 0 Å². The Kier molecular flexibility index (Phi) is 6.42. The fourth-order valence-corrected chi connectivity index (χ4v) is 4.93. The van der Waals surface area contributed by atoms with E-state index in [0.717, 1.165) is 50.4 Å². The van der Waals surface area contributed by atoms with E-state index < -0.39 is 0 Å². The normalized spacial score (nSPS) is 23.5. The van der Waals surface area contributed by atoms with E-state index in [1.165, 1.54) is 11.3 Å². The minimum Gasteiger partial charge on any atom is -0.369 e. The van der Waals surface area contributed by atoms with Crippen LogP contribution in [0.25, 0.3) is 0 Å². The highest BCUT2D eigenvalue weighted by molar-refractivity contribution is 5.49. The van der Waals surface area contributed by atoms with E-state index in [-0.39, 0.29) is 5.82 Å². The minimum atomic E-state index is -0.0867. The van der Waals surface area contributed by atoms with Crippen LogP contribution in [0.5, 0.6) is 0 Å². The summed E-state index contributed by atoms with van der Waals surface area (Å²) in [7, 11) is 6.51. The average molecular weight is 411 g/mol. The molecule has 0 spiro atoms. The van der Waals surface area contributed by atoms with Gasteiger partial charge in [0.15, 0.2) is 0 Å². The van der Waals surface area contributed by atoms with Gasteiger partial charge in [-0.15, -0.1) is 0 Å². The van der Waals surface area contributed by atoms with E-state index in [1.54, 1.807) is 12.1 Å². The molecule has 4 nitrogen and oxygen atoms in total. The molecule has 0 aliphatic carbocycles. The molecule has 2 aromatic rings. The zero-order valence-corrected chi connectivity index (χ0v) is 18.8. The molecule has 0 radical (unpaired) electrons. The number of hydrogen-bond acceptors (Lipinski definition) is 4. The van der Waals surface area contributed by atoms with Crippen molar-refractivity contribution in [3.8, 4) is 0 Å². The topological polar surface area (TPSA) is 13.0 Å². The quantitative estimate of drug-likeness (QED) is 0.749. The molecule has 162 valence electrons. The first-order chi connectivity index (χ1) is 14.4. The number of halogens is 1. The third-order valence-electron chi connectivity index (χ3n) is 6.95. The predicted octanol–water partition coefficient (Wildman–Crippen LogP) is 3.42. The Morgan fingerprint density at radius 1 is 0.967 bits per heavy atom. The van der Waals surface area contributed by atoms with Gasteiger partial charge in [0.1, 0.15) is 5.82 Å². The van der Waals surface area contributed by atoms with Crippen LogP contribution in [0.15, 0.2) is 42.5 Å². The average Bonchev–Trinajstić information content (AvgIpc) is 3.16. The lowest BCUT2D eigenvalue weighted by Gasteiger charge is -2.34. The largest absolute Gasteiger partial charge is 0.369 e. The lowest BCUT2D eigenvalue weighted by atomic mass is 9.93. The van der Waals surface area contributed by atoms with Gasteiger partial charge >= 0.3 is 0 Å². The van der Waals surface area contributed by atoms with Gasteiger partial charge in [0.25, 0.3) is 0 Å². The van der Waals surface area contributed by atoms with Crippen LogP contribution in [0.3, 0.4) is 0 Å². The summed E-state index contributed by atoms with van der Waals surface area (Å²) in [6.45, 7) is 9.04. The van der Waals surface area contributed by atoms with E-state index in [0.29, 0.717) is 18.5 Å². The van der Waals surface area contributed by atoms with Crippen LogP contribution in [-0.2, 0) is 6.54 Å². The first kappa shape index (κ1) is 21.3. The molecule has 4 rings (SSSR count). The van der Waals surface area contributed by atoms with Crippen LogP contribution in [0, 0.1) is 12.7 Å². The fourth-order valence-electron chi connectivity index (χ4n) is 4.93. The number of rotatable bonds is 5. The van der Waals surface area contributed by atoms with Crippen molar-refractivity contribution in [1.82, 2.24) is 14.7 Å². The van der Waals surface area contributed by atoms with Gasteiger partial charge in [0.2, 0.25) is 0 Å². The first-order valence-electron chi connectivity index (χ1n) is 11.1. The maximum absolute atomic E-state index is 14.4. The lowest BCUT2D eigenvalue weighted by molar-refractivity contribution is 0.258. The molecule has 0 saturated carbocycles. The van der Waals surface area contributed by atoms with Crippen molar-refractivity contribution < 1.29 is 4.39 Å². The smallest absolute Gasteiger partial charge is 0.127 e. The second-order valence-electron chi connectivity index (χ2n) is 9.25. The van der Waals surface area contributed by atoms with Crippen LogP contribution in [-0.4, -0.2) is 81.2 Å². The van der Waals surface area contributed by atoms with Gasteiger partial charge in [-0.1, -0.05) is 24.3 Å². The number of hydrogen-bond donors (Lipinski definition) is 0. The molecule has 2 aliphatic heterocycles. The molecule has 5 heteroatoms. The second kappa shape index (κ2) is 9.04. The van der Waals surface area contributed by atoms with E-state index in [9.17, 15) is 4.39 Å². The van der Waals surface area contributed by atoms with Crippen LogP contribution < -0.4 is 4.90 Å². The Balaban J connectivity index is 1.48. The van der Waals surface area contributed by atoms with Crippen LogP contribution in [0.4, 0.5) is 10.1 Å². The standard InChI is InChI=1S/C25H35FN4/c1-19-6-5-7-24(26)22(19)16-29-17-23(25(18-29)27(2)3)20-8-10-21(11-9-20)30-14-12-28(4)13-15-30/h5-11,23,25H,12-18H2,1-4H3. The molecule has 2 unspecified atom stereocenters. The number of likely N-dealkylation sites (tertiary alicyclic amines) is 1. The van der Waals surface area contributed by atoms with E-state index in [2.05, 4.69) is 65.0 Å². The predicted molar refractivity (Wildman–Crippen MR) is 123 cm³/mol. The van der Waals surface area contributed by atoms with Crippen molar-refractivity contribution >= 4 is 5.69 Å². The highest BCUT2D eigenvalue weighted by Crippen LogP contribution is 2.33. The maximum atomic E-state index is 14.4. The van der Waals surface area contributed by atoms with Crippen molar-refractivity contribution in [2.24, 2.45) is 0 Å². The highest BCUT2D eigenvalue weighted by Gasteiger charge is 2.35. The Morgan fingerprint density at radius 2 is 1.67 bits per heavy atom. The third kappa shape index (κ3) is 4.53. The molecule has 2 atom stereocenters. The number of nitrogens with zero attached hydrogens (tertiary/aromatic N) is 4. The van der Waals surface area contributed by atoms with Gasteiger partial charge in [0, 0.05) is 69.0 Å². The molecule has 2 saturated heterocycles. The maximum Gasteiger partial charge on any atom is 0.127 e. The van der Waals surface area contributed by atoms with Crippen molar-refractivity contribution in [3.05, 3.63) is 65.0 Å². The lowest BCUT2D eigenvalue weighted by Crippen LogP contribution is -2.44. The molecule has 2 aromatic carbocycles. The van der Waals surface area contributed by atoms with E-state index in [1.807, 2.05) is 13.0 Å². The fraction of sp³-hybridized carbons (Fsp3) is 0.520. The summed E-state index contributed by atoms with van der Waals surface area (Å²) in [6, 6.07) is 15.0. The summed E-state index contributed by atoms with van der Waals surface area (Å²) >= 11 is 0. The molecule has 0 bridgehead atoms. The van der Waals surface area contributed by atoms with Crippen molar-refractivity contribution in [2.75, 3.05) is 65.3 Å². The van der Waals surface area contributed by atoms with Gasteiger partial charge in [-0.25, -0.2) is 4.39 Å². The zero-order chi connectivity index (χ0) is 21.3. The monoisotopic (exact) mass is 410 g/mol. The summed E-state index contributed by atoms with van der Waals surface area (Å²) in [5, 5.41) is 0. The molecule has 30 heavy (non-hydrogen) atoms. The summed E-state index contributed by atoms with van der Waals surface area (Å²) in [5.41, 5.74) is 4.59. The highest BCUT2D eigenvalue weighted by atomic mass is 19.1. The Bertz CT molecular complexity index is 822. The molecule has 0 aromatic heterocycles. The number of benzene rings is 2. The van der Waals surface area contributed by atoms with E-state index in [4.69, 9.17) is 0 Å². The molecular formula is C25H35FN4. The summed E-state index contributed by atoms with van der Waals surface area (Å²) in [5.74, 6) is 0.352. The molecular weight excluding hydrogens is 375 g/mol. The summed E-state index contributed by atoms with van der Waals surface area (Å²) in [4.78, 5) is 9.61. The molecule has 2 fully saturated rings. The van der Waals surface area contributed by atoms with Gasteiger partial charge in [-0.2, -0.15) is 0 Å².